The second-order valence-electron chi connectivity index (χ2n) is 7.72. The molecular formula is C25H40N4O2S4+2. The highest BCUT2D eigenvalue weighted by Crippen LogP contribution is 2.06. The Labute approximate surface area is 228 Å². The van der Waals surface area contributed by atoms with E-state index in [0.29, 0.717) is 18.8 Å². The average Bonchev–Trinajstić information content (AvgIpc) is 2.88. The quantitative estimate of drug-likeness (QED) is 0.148. The first-order chi connectivity index (χ1) is 17.2. The first-order valence-electron chi connectivity index (χ1n) is 12.0. The second kappa shape index (κ2) is 20.0. The number of rotatable bonds is 20. The first-order valence-corrected chi connectivity index (χ1v) is 17.1. The van der Waals surface area contributed by atoms with E-state index < -0.39 is 0 Å². The molecule has 2 aromatic heterocycles. The molecule has 0 radical (unpaired) electrons. The van der Waals surface area contributed by atoms with Gasteiger partial charge in [-0.15, -0.1) is 0 Å². The van der Waals surface area contributed by atoms with Gasteiger partial charge in [-0.3, -0.25) is 10.1 Å². The lowest BCUT2D eigenvalue weighted by atomic mass is 10.2. The normalized spacial score (nSPS) is 10.9. The van der Waals surface area contributed by atoms with E-state index in [0.717, 1.165) is 54.8 Å². The standard InChI is InChI=1S/C25H39N4O2S4/c1-32-16-18-34-14-8-26-22-31-24-7-4-11-29(21-24)13-5-12-28-10-3-6-23(20-28)25(30)27-9-15-35-19-17-33-2/h3-4,6-7,10-11,20-21,26H,5,8-9,12-19,22H2,1-2H3/q+1/p+1. The Morgan fingerprint density at radius 2 is 1.51 bits per heavy atom. The number of thioether (sulfide) groups is 4. The Hall–Kier alpha value is -1.07. The van der Waals surface area contributed by atoms with E-state index >= 15 is 0 Å². The number of nitrogens with one attached hydrogen (secondary N) is 2. The minimum Gasteiger partial charge on any atom is -0.472 e. The van der Waals surface area contributed by atoms with Crippen LogP contribution in [-0.4, -0.2) is 72.8 Å². The molecule has 0 bridgehead atoms. The van der Waals surface area contributed by atoms with Crippen molar-refractivity contribution >= 4 is 53.0 Å². The molecule has 2 rings (SSSR count). The molecule has 194 valence electrons. The third-order valence-electron chi connectivity index (χ3n) is 4.94. The third kappa shape index (κ3) is 14.3. The van der Waals surface area contributed by atoms with Crippen LogP contribution in [0.5, 0.6) is 5.75 Å². The van der Waals surface area contributed by atoms with Gasteiger partial charge < -0.3 is 10.1 Å². The van der Waals surface area contributed by atoms with E-state index in [1.807, 2.05) is 89.9 Å². The van der Waals surface area contributed by atoms with E-state index in [1.54, 1.807) is 0 Å². The molecule has 0 spiro atoms. The average molecular weight is 557 g/mol. The monoisotopic (exact) mass is 556 g/mol. The maximum Gasteiger partial charge on any atom is 0.257 e. The van der Waals surface area contributed by atoms with Gasteiger partial charge in [0.25, 0.3) is 5.91 Å². The van der Waals surface area contributed by atoms with Crippen LogP contribution in [0.15, 0.2) is 49.1 Å². The predicted molar refractivity (Wildman–Crippen MR) is 155 cm³/mol. The Morgan fingerprint density at radius 3 is 2.23 bits per heavy atom. The number of carbonyl (C=O) groups is 1. The van der Waals surface area contributed by atoms with Crippen LogP contribution >= 0.6 is 47.0 Å². The lowest BCUT2D eigenvalue weighted by Gasteiger charge is -2.07. The van der Waals surface area contributed by atoms with E-state index in [9.17, 15) is 4.79 Å². The van der Waals surface area contributed by atoms with Crippen molar-refractivity contribution in [3.05, 3.63) is 54.6 Å². The van der Waals surface area contributed by atoms with Crippen LogP contribution in [0.4, 0.5) is 0 Å². The van der Waals surface area contributed by atoms with Gasteiger partial charge in [-0.25, -0.2) is 9.13 Å². The summed E-state index contributed by atoms with van der Waals surface area (Å²) in [5.41, 5.74) is 0.708. The van der Waals surface area contributed by atoms with Crippen LogP contribution in [0.2, 0.25) is 0 Å². The zero-order chi connectivity index (χ0) is 25.0. The Morgan fingerprint density at radius 1 is 0.857 bits per heavy atom. The van der Waals surface area contributed by atoms with Crippen LogP contribution in [0.3, 0.4) is 0 Å². The summed E-state index contributed by atoms with van der Waals surface area (Å²) >= 11 is 7.60. The van der Waals surface area contributed by atoms with Crippen LogP contribution in [0, 0.1) is 0 Å². The Balaban J connectivity index is 1.66. The van der Waals surface area contributed by atoms with Crippen LogP contribution in [0.1, 0.15) is 16.8 Å². The zero-order valence-electron chi connectivity index (χ0n) is 20.9. The molecule has 0 aliphatic rings. The largest absolute Gasteiger partial charge is 0.472 e. The van der Waals surface area contributed by atoms with Gasteiger partial charge in [0.05, 0.1) is 6.42 Å². The smallest absolute Gasteiger partial charge is 0.257 e. The Bertz CT molecular complexity index is 845. The van der Waals surface area contributed by atoms with Crippen LogP contribution < -0.4 is 24.5 Å². The number of pyridine rings is 2. The van der Waals surface area contributed by atoms with Crippen molar-refractivity contribution in [2.24, 2.45) is 0 Å². The first kappa shape index (κ1) is 30.2. The van der Waals surface area contributed by atoms with Crippen molar-refractivity contribution in [2.45, 2.75) is 19.5 Å². The van der Waals surface area contributed by atoms with Gasteiger partial charge in [-0.05, 0) is 24.6 Å². The topological polar surface area (TPSA) is 58.1 Å². The molecule has 2 aromatic rings. The van der Waals surface area contributed by atoms with E-state index in [2.05, 4.69) is 38.5 Å². The molecule has 0 atom stereocenters. The molecule has 0 fully saturated rings. The lowest BCUT2D eigenvalue weighted by molar-refractivity contribution is -0.727. The molecule has 10 heteroatoms. The number of ether oxygens (including phenoxy) is 1. The maximum absolute atomic E-state index is 12.4. The number of carbonyl (C=O) groups excluding carboxylic acids is 1. The summed E-state index contributed by atoms with van der Waals surface area (Å²) in [5.74, 6) is 7.62. The highest BCUT2D eigenvalue weighted by atomic mass is 32.2. The summed E-state index contributed by atoms with van der Waals surface area (Å²) in [6, 6.07) is 7.83. The van der Waals surface area contributed by atoms with Crippen molar-refractivity contribution in [1.29, 1.82) is 0 Å². The number of hydrogen-bond donors (Lipinski definition) is 2. The predicted octanol–water partition coefficient (Wildman–Crippen LogP) is 3.20. The van der Waals surface area contributed by atoms with Crippen molar-refractivity contribution in [3.8, 4) is 5.75 Å². The fourth-order valence-electron chi connectivity index (χ4n) is 3.13. The third-order valence-corrected chi connectivity index (χ3v) is 8.66. The summed E-state index contributed by atoms with van der Waals surface area (Å²) in [4.78, 5) is 12.4. The molecule has 0 aromatic carbocycles. The van der Waals surface area contributed by atoms with E-state index in [1.165, 1.54) is 11.5 Å². The van der Waals surface area contributed by atoms with Crippen LogP contribution in [0.25, 0.3) is 0 Å². The van der Waals surface area contributed by atoms with Gasteiger partial charge in [-0.2, -0.15) is 47.0 Å². The molecule has 0 saturated carbocycles. The number of aromatic nitrogens is 2. The summed E-state index contributed by atoms with van der Waals surface area (Å²) in [6.45, 7) is 3.91. The van der Waals surface area contributed by atoms with Gasteiger partial charge in [0.2, 0.25) is 6.20 Å². The van der Waals surface area contributed by atoms with Gasteiger partial charge >= 0.3 is 0 Å². The van der Waals surface area contributed by atoms with E-state index in [4.69, 9.17) is 4.74 Å². The van der Waals surface area contributed by atoms with Crippen LogP contribution in [-0.2, 0) is 13.1 Å². The minimum absolute atomic E-state index is 0.00351. The summed E-state index contributed by atoms with van der Waals surface area (Å²) in [5, 5.41) is 6.36. The van der Waals surface area contributed by atoms with Crippen molar-refractivity contribution in [1.82, 2.24) is 10.6 Å². The fraction of sp³-hybridized carbons (Fsp3) is 0.560. The van der Waals surface area contributed by atoms with Crippen molar-refractivity contribution in [3.63, 3.8) is 0 Å². The molecular weight excluding hydrogens is 517 g/mol. The van der Waals surface area contributed by atoms with Crippen molar-refractivity contribution in [2.75, 3.05) is 66.8 Å². The second-order valence-corrected chi connectivity index (χ2v) is 12.1. The van der Waals surface area contributed by atoms with E-state index in [-0.39, 0.29) is 5.91 Å². The lowest BCUT2D eigenvalue weighted by Crippen LogP contribution is -2.39. The minimum atomic E-state index is -0.00351. The van der Waals surface area contributed by atoms with Gasteiger partial charge in [0, 0.05) is 59.7 Å². The maximum atomic E-state index is 12.4. The fourth-order valence-corrected chi connectivity index (χ4v) is 6.35. The summed E-state index contributed by atoms with van der Waals surface area (Å²) < 4.78 is 10.1. The SMILES string of the molecule is CSCCSCCNCOc1ccc[n+](CCC[n+]2cccc(C(=O)NCCSCCSC)c2)c1. The highest BCUT2D eigenvalue weighted by molar-refractivity contribution is 8.03. The Kier molecular flexibility index (Phi) is 17.3. The molecule has 0 unspecified atom stereocenters. The molecule has 2 heterocycles. The van der Waals surface area contributed by atoms with Gasteiger partial charge in [0.1, 0.15) is 12.3 Å². The molecule has 0 aliphatic carbocycles. The van der Waals surface area contributed by atoms with Crippen molar-refractivity contribution < 1.29 is 18.7 Å². The summed E-state index contributed by atoms with van der Waals surface area (Å²) in [7, 11) is 0. The van der Waals surface area contributed by atoms with Gasteiger partial charge in [-0.1, -0.05) is 0 Å². The van der Waals surface area contributed by atoms with Gasteiger partial charge in [0.15, 0.2) is 37.4 Å². The number of aryl methyl sites for hydroxylation is 2. The molecule has 0 saturated heterocycles. The molecule has 6 nitrogen and oxygen atoms in total. The molecule has 2 N–H and O–H groups in total. The molecule has 1 amide bonds. The number of nitrogens with zero attached hydrogens (tertiary/aromatic N) is 2. The molecule has 35 heavy (non-hydrogen) atoms. The highest BCUT2D eigenvalue weighted by Gasteiger charge is 2.11. The zero-order valence-corrected chi connectivity index (χ0v) is 24.2. The number of hydrogen-bond acceptors (Lipinski definition) is 7. The summed E-state index contributed by atoms with van der Waals surface area (Å²) in [6.07, 6.45) is 13.3. The number of amides is 1. The molecule has 0 aliphatic heterocycles.